The highest BCUT2D eigenvalue weighted by Gasteiger charge is 2.30. The fourth-order valence-corrected chi connectivity index (χ4v) is 1.40. The second-order valence-electron chi connectivity index (χ2n) is 3.48. The molecule has 0 saturated heterocycles. The molecule has 0 nitrogen and oxygen atoms in total. The van der Waals surface area contributed by atoms with Crippen LogP contribution in [0.15, 0.2) is 0 Å². The predicted octanol–water partition coefficient (Wildman–Crippen LogP) is 2.78. The van der Waals surface area contributed by atoms with E-state index in [9.17, 15) is 4.39 Å². The van der Waals surface area contributed by atoms with E-state index in [2.05, 4.69) is 13.8 Å². The zero-order valence-corrected chi connectivity index (χ0v) is 6.23. The Labute approximate surface area is 56.5 Å². The van der Waals surface area contributed by atoms with Crippen LogP contribution in [0.5, 0.6) is 0 Å². The third-order valence-electron chi connectivity index (χ3n) is 2.10. The summed E-state index contributed by atoms with van der Waals surface area (Å²) in [6, 6.07) is 0. The van der Waals surface area contributed by atoms with Crippen molar-refractivity contribution < 1.29 is 4.39 Å². The molecule has 0 amide bonds. The quantitative estimate of drug-likeness (QED) is 0.539. The zero-order chi connectivity index (χ0) is 6.85. The minimum atomic E-state index is -0.465. The lowest BCUT2D eigenvalue weighted by atomic mass is 9.78. The lowest BCUT2D eigenvalue weighted by Gasteiger charge is -2.31. The van der Waals surface area contributed by atoms with Crippen LogP contribution in [0.25, 0.3) is 0 Å². The Bertz CT molecular complexity index is 88.6. The summed E-state index contributed by atoms with van der Waals surface area (Å²) in [4.78, 5) is 0. The van der Waals surface area contributed by atoms with Gasteiger partial charge in [0, 0.05) is 0 Å². The molecule has 1 fully saturated rings. The molecule has 54 valence electrons. The summed E-state index contributed by atoms with van der Waals surface area (Å²) in [5.41, 5.74) is 0. The van der Waals surface area contributed by atoms with Crippen molar-refractivity contribution >= 4 is 0 Å². The van der Waals surface area contributed by atoms with Crippen LogP contribution in [0.4, 0.5) is 4.39 Å². The van der Waals surface area contributed by atoms with Gasteiger partial charge in [0.1, 0.15) is 6.17 Å². The maximum Gasteiger partial charge on any atom is 0.103 e. The van der Waals surface area contributed by atoms with Crippen LogP contribution in [0.1, 0.15) is 33.1 Å². The van der Waals surface area contributed by atoms with Gasteiger partial charge in [0.15, 0.2) is 0 Å². The van der Waals surface area contributed by atoms with Gasteiger partial charge in [-0.1, -0.05) is 13.8 Å². The van der Waals surface area contributed by atoms with E-state index in [1.54, 1.807) is 0 Å². The first-order chi connectivity index (χ1) is 4.20. The van der Waals surface area contributed by atoms with Crippen molar-refractivity contribution in [3.8, 4) is 0 Å². The van der Waals surface area contributed by atoms with E-state index in [-0.39, 0.29) is 0 Å². The fourth-order valence-electron chi connectivity index (χ4n) is 1.40. The Kier molecular flexibility index (Phi) is 2.09. The van der Waals surface area contributed by atoms with Gasteiger partial charge in [0.05, 0.1) is 0 Å². The maximum absolute atomic E-state index is 12.5. The van der Waals surface area contributed by atoms with Crippen LogP contribution in [-0.2, 0) is 0 Å². The van der Waals surface area contributed by atoms with E-state index in [1.807, 2.05) is 0 Å². The second-order valence-corrected chi connectivity index (χ2v) is 3.48. The molecule has 1 aliphatic rings. The van der Waals surface area contributed by atoms with Gasteiger partial charge in [-0.25, -0.2) is 4.39 Å². The lowest BCUT2D eigenvalue weighted by Crippen LogP contribution is -2.28. The molecule has 1 heteroatoms. The molecule has 1 rings (SSSR count). The first-order valence-electron chi connectivity index (χ1n) is 3.84. The van der Waals surface area contributed by atoms with Crippen LogP contribution in [0, 0.1) is 11.8 Å². The van der Waals surface area contributed by atoms with Gasteiger partial charge in [-0.05, 0) is 31.1 Å². The Morgan fingerprint density at radius 1 is 1.44 bits per heavy atom. The minimum Gasteiger partial charge on any atom is -0.247 e. The summed E-state index contributed by atoms with van der Waals surface area (Å²) in [6.45, 7) is 4.32. The van der Waals surface area contributed by atoms with Crippen molar-refractivity contribution in [2.24, 2.45) is 11.8 Å². The molecular weight excluding hydrogens is 115 g/mol. The van der Waals surface area contributed by atoms with Crippen LogP contribution in [0.2, 0.25) is 0 Å². The number of alkyl halides is 1. The summed E-state index contributed by atoms with van der Waals surface area (Å²) < 4.78 is 12.5. The van der Waals surface area contributed by atoms with Gasteiger partial charge in [-0.3, -0.25) is 0 Å². The van der Waals surface area contributed by atoms with Crippen LogP contribution < -0.4 is 0 Å². The molecular formula is C8H15F. The lowest BCUT2D eigenvalue weighted by molar-refractivity contribution is 0.0941. The zero-order valence-electron chi connectivity index (χ0n) is 6.23. The monoisotopic (exact) mass is 130 g/mol. The molecule has 0 radical (unpaired) electrons. The maximum atomic E-state index is 12.5. The average Bonchev–Trinajstić information content (AvgIpc) is 1.79. The van der Waals surface area contributed by atoms with Gasteiger partial charge >= 0.3 is 0 Å². The number of hydrogen-bond donors (Lipinski definition) is 0. The van der Waals surface area contributed by atoms with E-state index in [0.717, 1.165) is 19.3 Å². The van der Waals surface area contributed by atoms with Gasteiger partial charge in [-0.2, -0.15) is 0 Å². The van der Waals surface area contributed by atoms with E-state index in [0.29, 0.717) is 11.8 Å². The standard InChI is InChI=1S/C8H15F/c1-6(2)5-7-3-4-8(7)9/h6-8H,3-5H2,1-2H3. The van der Waals surface area contributed by atoms with Crippen molar-refractivity contribution in [1.82, 2.24) is 0 Å². The van der Waals surface area contributed by atoms with E-state index >= 15 is 0 Å². The molecule has 0 heterocycles. The Hall–Kier alpha value is -0.0700. The number of rotatable bonds is 2. The fraction of sp³-hybridized carbons (Fsp3) is 1.00. The largest absolute Gasteiger partial charge is 0.247 e. The van der Waals surface area contributed by atoms with E-state index in [1.165, 1.54) is 0 Å². The number of hydrogen-bond acceptors (Lipinski definition) is 0. The van der Waals surface area contributed by atoms with Crippen molar-refractivity contribution in [3.05, 3.63) is 0 Å². The first kappa shape index (κ1) is 7.04. The summed E-state index contributed by atoms with van der Waals surface area (Å²) >= 11 is 0. The van der Waals surface area contributed by atoms with Gasteiger partial charge < -0.3 is 0 Å². The summed E-state index contributed by atoms with van der Waals surface area (Å²) in [7, 11) is 0. The van der Waals surface area contributed by atoms with Gasteiger partial charge in [0.25, 0.3) is 0 Å². The molecule has 1 aliphatic carbocycles. The van der Waals surface area contributed by atoms with Crippen LogP contribution >= 0.6 is 0 Å². The summed E-state index contributed by atoms with van der Waals surface area (Å²) in [5, 5.41) is 0. The highest BCUT2D eigenvalue weighted by Crippen LogP contribution is 2.34. The Morgan fingerprint density at radius 3 is 2.22 bits per heavy atom. The Morgan fingerprint density at radius 2 is 2.11 bits per heavy atom. The topological polar surface area (TPSA) is 0 Å². The van der Waals surface area contributed by atoms with Crippen molar-refractivity contribution in [2.45, 2.75) is 39.3 Å². The normalized spacial score (nSPS) is 34.7. The predicted molar refractivity (Wildman–Crippen MR) is 37.1 cm³/mol. The summed E-state index contributed by atoms with van der Waals surface area (Å²) in [6.07, 6.45) is 2.56. The van der Waals surface area contributed by atoms with E-state index in [4.69, 9.17) is 0 Å². The Balaban J connectivity index is 2.13. The third kappa shape index (κ3) is 1.67. The van der Waals surface area contributed by atoms with Gasteiger partial charge in [-0.15, -0.1) is 0 Å². The van der Waals surface area contributed by atoms with Crippen molar-refractivity contribution in [3.63, 3.8) is 0 Å². The summed E-state index contributed by atoms with van der Waals surface area (Å²) in [5.74, 6) is 1.08. The molecule has 0 N–H and O–H groups in total. The smallest absolute Gasteiger partial charge is 0.103 e. The second kappa shape index (κ2) is 2.68. The SMILES string of the molecule is CC(C)CC1CCC1F. The molecule has 1 saturated carbocycles. The molecule has 2 atom stereocenters. The molecule has 9 heavy (non-hydrogen) atoms. The van der Waals surface area contributed by atoms with Crippen LogP contribution in [0.3, 0.4) is 0 Å². The highest BCUT2D eigenvalue weighted by atomic mass is 19.1. The third-order valence-corrected chi connectivity index (χ3v) is 2.10. The van der Waals surface area contributed by atoms with Gasteiger partial charge in [0.2, 0.25) is 0 Å². The molecule has 0 aromatic rings. The molecule has 0 bridgehead atoms. The molecule has 2 unspecified atom stereocenters. The van der Waals surface area contributed by atoms with Crippen molar-refractivity contribution in [2.75, 3.05) is 0 Å². The molecule has 0 aromatic carbocycles. The van der Waals surface area contributed by atoms with E-state index < -0.39 is 6.17 Å². The highest BCUT2D eigenvalue weighted by molar-refractivity contribution is 4.80. The molecule has 0 spiro atoms. The van der Waals surface area contributed by atoms with Crippen LogP contribution in [-0.4, -0.2) is 6.17 Å². The number of halogens is 1. The van der Waals surface area contributed by atoms with Crippen molar-refractivity contribution in [1.29, 1.82) is 0 Å². The first-order valence-corrected chi connectivity index (χ1v) is 3.84. The molecule has 0 aliphatic heterocycles. The minimum absolute atomic E-state index is 0.407. The average molecular weight is 130 g/mol. The molecule has 0 aromatic heterocycles.